The number of hydrogen-bond donors (Lipinski definition) is 5. The number of benzene rings is 1. The second-order valence-electron chi connectivity index (χ2n) is 8.20. The molecule has 1 atom stereocenters. The van der Waals surface area contributed by atoms with Gasteiger partial charge in [0.05, 0.1) is 22.6 Å². The molecule has 1 unspecified atom stereocenters. The van der Waals surface area contributed by atoms with Gasteiger partial charge in [0.1, 0.15) is 16.6 Å². The van der Waals surface area contributed by atoms with Gasteiger partial charge in [-0.05, 0) is 43.7 Å². The molecular formula is C23H26F2N6O2S. The minimum Gasteiger partial charge on any atom is -0.398 e. The first-order valence-electron chi connectivity index (χ1n) is 10.2. The Morgan fingerprint density at radius 1 is 1.26 bits per heavy atom. The Labute approximate surface area is 199 Å². The number of halogens is 2. The van der Waals surface area contributed by atoms with Gasteiger partial charge in [-0.15, -0.1) is 11.3 Å². The summed E-state index contributed by atoms with van der Waals surface area (Å²) in [6.07, 6.45) is -0.466. The molecular weight excluding hydrogens is 462 g/mol. The van der Waals surface area contributed by atoms with Crippen molar-refractivity contribution in [3.63, 3.8) is 0 Å². The molecule has 1 amide bonds. The summed E-state index contributed by atoms with van der Waals surface area (Å²) >= 11 is 1.08. The number of allylic oxidation sites excluding steroid dienone is 1. The van der Waals surface area contributed by atoms with E-state index in [9.17, 15) is 18.7 Å². The lowest BCUT2D eigenvalue weighted by molar-refractivity contribution is 0.0782. The van der Waals surface area contributed by atoms with Gasteiger partial charge in [0.15, 0.2) is 6.17 Å². The van der Waals surface area contributed by atoms with E-state index in [4.69, 9.17) is 17.3 Å². The zero-order chi connectivity index (χ0) is 25.2. The van der Waals surface area contributed by atoms with Gasteiger partial charge in [0, 0.05) is 23.7 Å². The van der Waals surface area contributed by atoms with Gasteiger partial charge >= 0.3 is 0 Å². The summed E-state index contributed by atoms with van der Waals surface area (Å²) in [5, 5.41) is 14.5. The summed E-state index contributed by atoms with van der Waals surface area (Å²) in [5.74, 6) is 4.43. The zero-order valence-electron chi connectivity index (χ0n) is 18.8. The van der Waals surface area contributed by atoms with Crippen LogP contribution in [0.15, 0.2) is 54.4 Å². The van der Waals surface area contributed by atoms with Crippen LogP contribution in [-0.4, -0.2) is 28.1 Å². The third kappa shape index (κ3) is 5.68. The smallest absolute Gasteiger partial charge is 0.251 e. The second kappa shape index (κ2) is 9.75. The van der Waals surface area contributed by atoms with Gasteiger partial charge in [0.25, 0.3) is 5.91 Å². The summed E-state index contributed by atoms with van der Waals surface area (Å²) in [4.78, 5) is 16.7. The maximum atomic E-state index is 14.8. The number of nitrogens with one attached hydrogen (secondary N) is 1. The zero-order valence-corrected chi connectivity index (χ0v) is 19.7. The van der Waals surface area contributed by atoms with Gasteiger partial charge in [-0.2, -0.15) is 0 Å². The van der Waals surface area contributed by atoms with Crippen LogP contribution in [-0.2, 0) is 5.60 Å². The number of carbonyl (C=O) groups excluding carboxylic acids is 1. The topological polar surface area (TPSA) is 144 Å². The van der Waals surface area contributed by atoms with Gasteiger partial charge in [-0.3, -0.25) is 4.79 Å². The van der Waals surface area contributed by atoms with Crippen LogP contribution < -0.4 is 22.6 Å². The Hall–Kier alpha value is -3.54. The fraction of sp³-hybridized carbons (Fsp3) is 0.217. The minimum atomic E-state index is -1.70. The molecule has 0 spiro atoms. The summed E-state index contributed by atoms with van der Waals surface area (Å²) < 4.78 is 29.5. The van der Waals surface area contributed by atoms with Crippen LogP contribution in [0.25, 0.3) is 10.4 Å². The van der Waals surface area contributed by atoms with Gasteiger partial charge in [-0.1, -0.05) is 18.2 Å². The number of hydrogen-bond acceptors (Lipinski definition) is 8. The van der Waals surface area contributed by atoms with Gasteiger partial charge in [0.2, 0.25) is 0 Å². The molecule has 0 aliphatic rings. The third-order valence-electron chi connectivity index (χ3n) is 4.86. The van der Waals surface area contributed by atoms with Crippen molar-refractivity contribution < 1.29 is 18.7 Å². The molecule has 0 fully saturated rings. The third-order valence-corrected chi connectivity index (χ3v) is 5.94. The first-order valence-corrected chi connectivity index (χ1v) is 11.0. The van der Waals surface area contributed by atoms with Crippen LogP contribution in [0.4, 0.5) is 19.6 Å². The number of rotatable bonds is 8. The Bertz CT molecular complexity index is 1240. The highest BCUT2D eigenvalue weighted by molar-refractivity contribution is 7.19. The Balaban J connectivity index is 1.95. The highest BCUT2D eigenvalue weighted by Gasteiger charge is 2.22. The summed E-state index contributed by atoms with van der Waals surface area (Å²) in [7, 11) is 1.51. The number of carbonyl (C=O) groups is 1. The predicted molar refractivity (Wildman–Crippen MR) is 129 cm³/mol. The Morgan fingerprint density at radius 3 is 2.56 bits per heavy atom. The molecule has 34 heavy (non-hydrogen) atoms. The minimum absolute atomic E-state index is 0.0336. The molecule has 2 aromatic heterocycles. The summed E-state index contributed by atoms with van der Waals surface area (Å²) in [6, 6.07) is 10.5. The number of aromatic nitrogens is 1. The van der Waals surface area contributed by atoms with E-state index in [0.717, 1.165) is 16.3 Å². The number of pyridine rings is 1. The van der Waals surface area contributed by atoms with Crippen LogP contribution in [0.2, 0.25) is 0 Å². The van der Waals surface area contributed by atoms with E-state index in [1.807, 2.05) is 0 Å². The highest BCUT2D eigenvalue weighted by Crippen LogP contribution is 2.39. The highest BCUT2D eigenvalue weighted by atomic mass is 32.1. The molecule has 0 aliphatic heterocycles. The molecule has 0 saturated heterocycles. The lowest BCUT2D eigenvalue weighted by Gasteiger charge is -2.18. The Morgan fingerprint density at radius 2 is 1.97 bits per heavy atom. The van der Waals surface area contributed by atoms with Crippen molar-refractivity contribution >= 4 is 28.1 Å². The van der Waals surface area contributed by atoms with E-state index in [2.05, 4.69) is 10.3 Å². The van der Waals surface area contributed by atoms with Crippen LogP contribution in [0.1, 0.15) is 41.6 Å². The van der Waals surface area contributed by atoms with E-state index in [1.165, 1.54) is 37.5 Å². The summed E-state index contributed by atoms with van der Waals surface area (Å²) in [6.45, 7) is 3.11. The molecule has 8 nitrogen and oxygen atoms in total. The first kappa shape index (κ1) is 25.1. The molecule has 3 aromatic rings. The molecule has 0 saturated carbocycles. The van der Waals surface area contributed by atoms with Crippen LogP contribution >= 0.6 is 11.3 Å². The van der Waals surface area contributed by atoms with Gasteiger partial charge in [-0.25, -0.2) is 19.6 Å². The second-order valence-corrected chi connectivity index (χ2v) is 9.25. The number of alkyl halides is 1. The number of thiophene rings is 1. The summed E-state index contributed by atoms with van der Waals surface area (Å²) in [5.41, 5.74) is 10.7. The van der Waals surface area contributed by atoms with Gasteiger partial charge < -0.3 is 26.9 Å². The molecule has 180 valence electrons. The van der Waals surface area contributed by atoms with Crippen molar-refractivity contribution in [2.75, 3.05) is 12.4 Å². The first-order chi connectivity index (χ1) is 15.9. The number of nitrogens with two attached hydrogens (primary N) is 3. The van der Waals surface area contributed by atoms with E-state index < -0.39 is 23.5 Å². The van der Waals surface area contributed by atoms with Crippen molar-refractivity contribution in [3.05, 3.63) is 77.0 Å². The number of primary amides is 1. The number of nitrogens with zero attached hydrogens (tertiary/aromatic N) is 2. The van der Waals surface area contributed by atoms with Crippen LogP contribution in [0.5, 0.6) is 0 Å². The van der Waals surface area contributed by atoms with Crippen LogP contribution in [0, 0.1) is 5.82 Å². The van der Waals surface area contributed by atoms with E-state index in [0.29, 0.717) is 15.4 Å². The van der Waals surface area contributed by atoms with Crippen molar-refractivity contribution in [1.29, 1.82) is 0 Å². The normalized spacial score (nSPS) is 13.0. The van der Waals surface area contributed by atoms with Crippen molar-refractivity contribution in [2.24, 2.45) is 17.3 Å². The lowest BCUT2D eigenvalue weighted by Crippen LogP contribution is -2.22. The monoisotopic (exact) mass is 488 g/mol. The van der Waals surface area contributed by atoms with Crippen molar-refractivity contribution in [2.45, 2.75) is 25.6 Å². The maximum absolute atomic E-state index is 14.8. The lowest BCUT2D eigenvalue weighted by atomic mass is 9.96. The van der Waals surface area contributed by atoms with Crippen LogP contribution in [0.3, 0.4) is 0 Å². The number of hydrazine groups is 1. The molecule has 0 bridgehead atoms. The van der Waals surface area contributed by atoms with E-state index in [1.54, 1.807) is 32.0 Å². The van der Waals surface area contributed by atoms with Crippen molar-refractivity contribution in [1.82, 2.24) is 9.99 Å². The molecule has 1 aromatic carbocycles. The average molecular weight is 489 g/mol. The number of aliphatic hydroxyl groups is 1. The molecule has 11 heteroatoms. The molecule has 0 aliphatic carbocycles. The number of amides is 1. The standard InChI is InChI=1S/C23H26F2N6O2S/c1-23(2,33)12-7-8-13(15(24)9-12)18-10-14(21(27)32)22(34-18)30-19-6-4-5-17(29-19)20(25)16(26)11-31(3)28/h4-11,20,33H,26,28H2,1-3H3,(H2,27,32)(H,29,30)/b16-11-. The predicted octanol–water partition coefficient (Wildman–Crippen LogP) is 3.64. The molecule has 2 heterocycles. The SMILES string of the molecule is CN(N)/C=C(\N)C(F)c1cccc(Nc2sc(-c3ccc(C(C)(C)O)cc3F)cc2C(N)=O)n1. The molecule has 0 radical (unpaired) electrons. The van der Waals surface area contributed by atoms with E-state index >= 15 is 0 Å². The molecule has 3 rings (SSSR count). The van der Waals surface area contributed by atoms with Crippen molar-refractivity contribution in [3.8, 4) is 10.4 Å². The number of anilines is 2. The quantitative estimate of drug-likeness (QED) is 0.241. The average Bonchev–Trinajstić information content (AvgIpc) is 3.15. The fourth-order valence-electron chi connectivity index (χ4n) is 3.15. The largest absolute Gasteiger partial charge is 0.398 e. The Kier molecular flexibility index (Phi) is 7.20. The molecule has 8 N–H and O–H groups in total. The fourth-order valence-corrected chi connectivity index (χ4v) is 4.24. The maximum Gasteiger partial charge on any atom is 0.251 e. The van der Waals surface area contributed by atoms with E-state index in [-0.39, 0.29) is 28.3 Å².